The summed E-state index contributed by atoms with van der Waals surface area (Å²) >= 11 is 0. The highest BCUT2D eigenvalue weighted by atomic mass is 16.5. The van der Waals surface area contributed by atoms with Crippen LogP contribution in [0.1, 0.15) is 29.6 Å². The number of aromatic nitrogens is 3. The maximum absolute atomic E-state index is 12.3. The number of hydrogen-bond acceptors (Lipinski definition) is 5. The van der Waals surface area contributed by atoms with E-state index in [1.54, 1.807) is 6.07 Å². The van der Waals surface area contributed by atoms with Crippen molar-refractivity contribution in [1.29, 1.82) is 0 Å². The van der Waals surface area contributed by atoms with Gasteiger partial charge < -0.3 is 9.64 Å². The lowest BCUT2D eigenvalue weighted by Gasteiger charge is -2.28. The van der Waals surface area contributed by atoms with E-state index in [0.29, 0.717) is 5.56 Å². The highest BCUT2D eigenvalue weighted by Crippen LogP contribution is 2.33. The monoisotopic (exact) mass is 462 g/mol. The van der Waals surface area contributed by atoms with Gasteiger partial charge in [0.15, 0.2) is 5.65 Å². The zero-order valence-corrected chi connectivity index (χ0v) is 19.6. The molecule has 1 saturated heterocycles. The summed E-state index contributed by atoms with van der Waals surface area (Å²) in [6, 6.07) is 20.3. The number of fused-ring (bicyclic) bond motifs is 2. The normalized spacial score (nSPS) is 13.9. The molecule has 1 fully saturated rings. The molecule has 0 saturated carbocycles. The number of nitrogens with zero attached hydrogens (tertiary/aromatic N) is 4. The molecule has 0 amide bonds. The van der Waals surface area contributed by atoms with Crippen molar-refractivity contribution in [2.45, 2.75) is 19.3 Å². The summed E-state index contributed by atoms with van der Waals surface area (Å²) in [5, 5.41) is 6.42. The molecule has 1 aliphatic rings. The van der Waals surface area contributed by atoms with E-state index in [1.807, 2.05) is 53.4 Å². The first-order valence-corrected chi connectivity index (χ1v) is 12.0. The van der Waals surface area contributed by atoms with E-state index in [2.05, 4.69) is 34.3 Å². The smallest absolute Gasteiger partial charge is 0.338 e. The molecule has 174 valence electrons. The third kappa shape index (κ3) is 3.81. The maximum Gasteiger partial charge on any atom is 0.338 e. The first kappa shape index (κ1) is 21.4. The molecular weight excluding hydrogens is 436 g/mol. The summed E-state index contributed by atoms with van der Waals surface area (Å²) in [4.78, 5) is 19.5. The van der Waals surface area contributed by atoms with Gasteiger partial charge in [-0.3, -0.25) is 0 Å². The zero-order chi connectivity index (χ0) is 23.8. The fourth-order valence-electron chi connectivity index (χ4n) is 5.06. The van der Waals surface area contributed by atoms with Gasteiger partial charge in [0.1, 0.15) is 0 Å². The van der Waals surface area contributed by atoms with Crippen LogP contribution in [-0.4, -0.2) is 40.8 Å². The highest BCUT2D eigenvalue weighted by molar-refractivity contribution is 6.09. The highest BCUT2D eigenvalue weighted by Gasteiger charge is 2.16. The second kappa shape index (κ2) is 8.87. The van der Waals surface area contributed by atoms with E-state index in [9.17, 15) is 4.79 Å². The molecule has 2 aromatic heterocycles. The van der Waals surface area contributed by atoms with Crippen LogP contribution in [0.15, 0.2) is 79.3 Å². The summed E-state index contributed by atoms with van der Waals surface area (Å²) in [5.74, 6) is -0.346. The zero-order valence-electron chi connectivity index (χ0n) is 19.6. The first-order chi connectivity index (χ1) is 17.2. The lowest BCUT2D eigenvalue weighted by atomic mass is 9.97. The van der Waals surface area contributed by atoms with Crippen LogP contribution in [0.3, 0.4) is 0 Å². The molecule has 0 bridgehead atoms. The fraction of sp³-hybridized carbons (Fsp3) is 0.207. The van der Waals surface area contributed by atoms with Crippen LogP contribution in [0.4, 0.5) is 5.69 Å². The summed E-state index contributed by atoms with van der Waals surface area (Å²) in [7, 11) is 1.40. The number of ether oxygens (including phenoxy) is 1. The van der Waals surface area contributed by atoms with Crippen LogP contribution < -0.4 is 4.90 Å². The minimum absolute atomic E-state index is 0.346. The van der Waals surface area contributed by atoms with Crippen molar-refractivity contribution in [2.24, 2.45) is 0 Å². The van der Waals surface area contributed by atoms with Crippen LogP contribution in [-0.2, 0) is 4.74 Å². The van der Waals surface area contributed by atoms with Crippen molar-refractivity contribution in [3.8, 4) is 22.3 Å². The number of piperidine rings is 1. The van der Waals surface area contributed by atoms with Gasteiger partial charge in [-0.15, -0.1) is 0 Å². The molecule has 6 rings (SSSR count). The number of carbonyl (C=O) groups excluding carboxylic acids is 1. The van der Waals surface area contributed by atoms with E-state index >= 15 is 0 Å². The first-order valence-electron chi connectivity index (χ1n) is 12.0. The quantitative estimate of drug-likeness (QED) is 0.307. The number of methoxy groups -OCH3 is 1. The van der Waals surface area contributed by atoms with Gasteiger partial charge in [0.05, 0.1) is 18.9 Å². The Balaban J connectivity index is 1.36. The van der Waals surface area contributed by atoms with Gasteiger partial charge >= 0.3 is 5.97 Å². The Morgan fingerprint density at radius 1 is 0.829 bits per heavy atom. The van der Waals surface area contributed by atoms with Crippen molar-refractivity contribution in [3.05, 3.63) is 84.8 Å². The Morgan fingerprint density at radius 2 is 1.60 bits per heavy atom. The molecule has 6 nitrogen and oxygen atoms in total. The standard InChI is InChI=1S/C29H26N4O2/c1-35-29(34)26-10-6-7-23-24(26)8-5-9-25(23)27-18-31-33-19-21(17-30-28(27)33)20-11-13-22(14-12-20)32-15-3-2-4-16-32/h5-14,17-19H,2-4,15-16H2,1H3. The Morgan fingerprint density at radius 3 is 2.40 bits per heavy atom. The molecule has 1 aliphatic heterocycles. The number of benzene rings is 3. The van der Waals surface area contributed by atoms with E-state index < -0.39 is 0 Å². The fourth-order valence-corrected chi connectivity index (χ4v) is 5.06. The van der Waals surface area contributed by atoms with Crippen molar-refractivity contribution in [1.82, 2.24) is 14.6 Å². The van der Waals surface area contributed by atoms with Crippen molar-refractivity contribution in [2.75, 3.05) is 25.1 Å². The summed E-state index contributed by atoms with van der Waals surface area (Å²) in [6.45, 7) is 2.27. The molecule has 35 heavy (non-hydrogen) atoms. The second-order valence-electron chi connectivity index (χ2n) is 8.96. The van der Waals surface area contributed by atoms with Crippen molar-refractivity contribution >= 4 is 28.1 Å². The number of carbonyl (C=O) groups is 1. The van der Waals surface area contributed by atoms with Gasteiger partial charge in [0.25, 0.3) is 0 Å². The number of rotatable bonds is 4. The van der Waals surface area contributed by atoms with E-state index in [4.69, 9.17) is 9.72 Å². The number of hydrogen-bond donors (Lipinski definition) is 0. The molecule has 0 aliphatic carbocycles. The predicted molar refractivity (Wildman–Crippen MR) is 139 cm³/mol. The molecular formula is C29H26N4O2. The van der Waals surface area contributed by atoms with Gasteiger partial charge in [0, 0.05) is 42.3 Å². The molecule has 0 N–H and O–H groups in total. The molecule has 0 unspecified atom stereocenters. The van der Waals surface area contributed by atoms with E-state index in [-0.39, 0.29) is 5.97 Å². The van der Waals surface area contributed by atoms with Gasteiger partial charge in [-0.25, -0.2) is 14.3 Å². The third-order valence-corrected chi connectivity index (χ3v) is 6.90. The van der Waals surface area contributed by atoms with Crippen LogP contribution in [0.2, 0.25) is 0 Å². The molecule has 5 aromatic rings. The lowest BCUT2D eigenvalue weighted by molar-refractivity contribution is 0.0603. The summed E-state index contributed by atoms with van der Waals surface area (Å²) in [5.41, 5.74) is 6.64. The van der Waals surface area contributed by atoms with Crippen LogP contribution in [0.25, 0.3) is 38.7 Å². The van der Waals surface area contributed by atoms with Crippen LogP contribution in [0.5, 0.6) is 0 Å². The Hall–Kier alpha value is -4.19. The Kier molecular flexibility index (Phi) is 5.41. The summed E-state index contributed by atoms with van der Waals surface area (Å²) < 4.78 is 6.80. The van der Waals surface area contributed by atoms with Gasteiger partial charge in [-0.05, 0) is 59.4 Å². The summed E-state index contributed by atoms with van der Waals surface area (Å²) in [6.07, 6.45) is 9.63. The topological polar surface area (TPSA) is 59.7 Å². The second-order valence-corrected chi connectivity index (χ2v) is 8.96. The maximum atomic E-state index is 12.3. The lowest BCUT2D eigenvalue weighted by Crippen LogP contribution is -2.29. The molecule has 3 aromatic carbocycles. The molecule has 0 spiro atoms. The van der Waals surface area contributed by atoms with Crippen molar-refractivity contribution < 1.29 is 9.53 Å². The van der Waals surface area contributed by atoms with E-state index in [1.165, 1.54) is 32.1 Å². The Bertz CT molecular complexity index is 1530. The SMILES string of the molecule is COC(=O)c1cccc2c(-c3cnn4cc(-c5ccc(N6CCCCC6)cc5)cnc34)cccc12. The number of anilines is 1. The molecule has 0 atom stereocenters. The third-order valence-electron chi connectivity index (χ3n) is 6.90. The van der Waals surface area contributed by atoms with Crippen LogP contribution in [0, 0.1) is 0 Å². The molecule has 0 radical (unpaired) electrons. The Labute approximate surface area is 203 Å². The minimum Gasteiger partial charge on any atom is -0.465 e. The number of esters is 1. The van der Waals surface area contributed by atoms with Crippen molar-refractivity contribution in [3.63, 3.8) is 0 Å². The average Bonchev–Trinajstić information content (AvgIpc) is 3.35. The van der Waals surface area contributed by atoms with Crippen LogP contribution >= 0.6 is 0 Å². The molecule has 6 heteroatoms. The average molecular weight is 463 g/mol. The van der Waals surface area contributed by atoms with Gasteiger partial charge in [-0.1, -0.05) is 42.5 Å². The predicted octanol–water partition coefficient (Wildman–Crippen LogP) is 5.99. The van der Waals surface area contributed by atoms with Gasteiger partial charge in [0.2, 0.25) is 0 Å². The molecule has 3 heterocycles. The largest absolute Gasteiger partial charge is 0.465 e. The van der Waals surface area contributed by atoms with Gasteiger partial charge in [-0.2, -0.15) is 5.10 Å². The minimum atomic E-state index is -0.346. The van der Waals surface area contributed by atoms with E-state index in [0.717, 1.165) is 51.8 Å².